The van der Waals surface area contributed by atoms with Crippen LogP contribution >= 0.6 is 0 Å². The van der Waals surface area contributed by atoms with Crippen LogP contribution in [0.15, 0.2) is 60.8 Å². The van der Waals surface area contributed by atoms with E-state index in [1.165, 1.54) is 17.7 Å². The van der Waals surface area contributed by atoms with Gasteiger partial charge in [0, 0.05) is 42.0 Å². The Morgan fingerprint density at radius 2 is 1.96 bits per heavy atom. The first-order valence-corrected chi connectivity index (χ1v) is 9.55. The second-order valence-corrected chi connectivity index (χ2v) is 7.27. The van der Waals surface area contributed by atoms with Gasteiger partial charge in [0.15, 0.2) is 5.82 Å². The van der Waals surface area contributed by atoms with E-state index in [2.05, 4.69) is 4.98 Å². The number of aromatic nitrogens is 2. The molecule has 0 unspecified atom stereocenters. The van der Waals surface area contributed by atoms with Gasteiger partial charge in [0.05, 0.1) is 0 Å². The average Bonchev–Trinajstić information content (AvgIpc) is 2.74. The van der Waals surface area contributed by atoms with E-state index in [4.69, 9.17) is 4.98 Å². The summed E-state index contributed by atoms with van der Waals surface area (Å²) in [6.07, 6.45) is 3.65. The highest BCUT2D eigenvalue weighted by molar-refractivity contribution is 5.94. The summed E-state index contributed by atoms with van der Waals surface area (Å²) >= 11 is 0. The highest BCUT2D eigenvalue weighted by atomic mass is 19.1. The number of hydrogen-bond acceptors (Lipinski definition) is 3. The number of benzene rings is 2. The quantitative estimate of drug-likeness (QED) is 0.671. The molecule has 1 aromatic heterocycles. The van der Waals surface area contributed by atoms with E-state index in [0.717, 1.165) is 24.1 Å². The number of carbonyl (C=O) groups is 1. The molecule has 2 heterocycles. The number of piperidine rings is 1. The van der Waals surface area contributed by atoms with Crippen LogP contribution in [-0.4, -0.2) is 33.9 Å². The number of rotatable bonds is 3. The fraction of sp³-hybridized carbons (Fsp3) is 0.261. The Morgan fingerprint density at radius 1 is 1.14 bits per heavy atom. The maximum absolute atomic E-state index is 13.5. The van der Waals surface area contributed by atoms with Gasteiger partial charge in [0.2, 0.25) is 0 Å². The van der Waals surface area contributed by atoms with Crippen LogP contribution in [0.2, 0.25) is 0 Å². The standard InChI is InChI=1S/C23H22FN3O/c1-16-7-9-17(10-8-16)22-25-12-11-21(26-22)19-5-3-13-27(15-19)23(28)18-4-2-6-20(24)14-18/h2,4,6-12,14,19H,3,5,13,15H2,1H3/t19-/m1/s1. The number of nitrogens with zero attached hydrogens (tertiary/aromatic N) is 3. The zero-order valence-electron chi connectivity index (χ0n) is 15.8. The molecule has 0 spiro atoms. The second kappa shape index (κ2) is 7.89. The van der Waals surface area contributed by atoms with Crippen LogP contribution < -0.4 is 0 Å². The van der Waals surface area contributed by atoms with E-state index >= 15 is 0 Å². The van der Waals surface area contributed by atoms with Gasteiger partial charge in [-0.15, -0.1) is 0 Å². The Morgan fingerprint density at radius 3 is 2.75 bits per heavy atom. The van der Waals surface area contributed by atoms with Crippen LogP contribution in [0, 0.1) is 12.7 Å². The number of aryl methyl sites for hydroxylation is 1. The van der Waals surface area contributed by atoms with Gasteiger partial charge in [-0.2, -0.15) is 0 Å². The van der Waals surface area contributed by atoms with E-state index in [1.807, 2.05) is 37.3 Å². The molecule has 2 aromatic carbocycles. The molecule has 4 nitrogen and oxygen atoms in total. The van der Waals surface area contributed by atoms with Gasteiger partial charge in [-0.1, -0.05) is 35.9 Å². The first-order valence-electron chi connectivity index (χ1n) is 9.55. The molecule has 0 saturated carbocycles. The van der Waals surface area contributed by atoms with E-state index < -0.39 is 5.82 Å². The van der Waals surface area contributed by atoms with Gasteiger partial charge in [-0.3, -0.25) is 4.79 Å². The second-order valence-electron chi connectivity index (χ2n) is 7.27. The minimum Gasteiger partial charge on any atom is -0.338 e. The molecular formula is C23H22FN3O. The van der Waals surface area contributed by atoms with E-state index in [9.17, 15) is 9.18 Å². The lowest BCUT2D eigenvalue weighted by molar-refractivity contribution is 0.0705. The smallest absolute Gasteiger partial charge is 0.253 e. The van der Waals surface area contributed by atoms with Crippen molar-refractivity contribution in [2.24, 2.45) is 0 Å². The molecule has 1 amide bonds. The number of carbonyl (C=O) groups excluding carboxylic acids is 1. The molecule has 1 aliphatic heterocycles. The Balaban J connectivity index is 1.54. The summed E-state index contributed by atoms with van der Waals surface area (Å²) in [6.45, 7) is 3.31. The zero-order valence-corrected chi connectivity index (χ0v) is 15.8. The lowest BCUT2D eigenvalue weighted by Gasteiger charge is -2.32. The Labute approximate surface area is 164 Å². The highest BCUT2D eigenvalue weighted by Gasteiger charge is 2.26. The zero-order chi connectivity index (χ0) is 19.5. The van der Waals surface area contributed by atoms with Gasteiger partial charge >= 0.3 is 0 Å². The monoisotopic (exact) mass is 375 g/mol. The van der Waals surface area contributed by atoms with Gasteiger partial charge in [-0.25, -0.2) is 14.4 Å². The Bertz CT molecular complexity index is 987. The highest BCUT2D eigenvalue weighted by Crippen LogP contribution is 2.28. The van der Waals surface area contributed by atoms with Gasteiger partial charge < -0.3 is 4.90 Å². The van der Waals surface area contributed by atoms with Crippen LogP contribution in [0.4, 0.5) is 4.39 Å². The summed E-state index contributed by atoms with van der Waals surface area (Å²) < 4.78 is 13.5. The van der Waals surface area contributed by atoms with Crippen molar-refractivity contribution in [2.45, 2.75) is 25.7 Å². The van der Waals surface area contributed by atoms with Crippen LogP contribution in [0.3, 0.4) is 0 Å². The van der Waals surface area contributed by atoms with Crippen LogP contribution in [0.1, 0.15) is 40.4 Å². The Kier molecular flexibility index (Phi) is 5.15. The van der Waals surface area contributed by atoms with Crippen molar-refractivity contribution in [3.8, 4) is 11.4 Å². The van der Waals surface area contributed by atoms with Crippen molar-refractivity contribution in [2.75, 3.05) is 13.1 Å². The summed E-state index contributed by atoms with van der Waals surface area (Å²) in [4.78, 5) is 23.8. The normalized spacial score (nSPS) is 16.8. The topological polar surface area (TPSA) is 46.1 Å². The van der Waals surface area contributed by atoms with Gasteiger partial charge in [-0.05, 0) is 44.0 Å². The summed E-state index contributed by atoms with van der Waals surface area (Å²) in [7, 11) is 0. The summed E-state index contributed by atoms with van der Waals surface area (Å²) in [5, 5.41) is 0. The predicted molar refractivity (Wildman–Crippen MR) is 106 cm³/mol. The molecule has 3 aromatic rings. The molecule has 1 saturated heterocycles. The fourth-order valence-electron chi connectivity index (χ4n) is 3.65. The van der Waals surface area contributed by atoms with Gasteiger partial charge in [0.25, 0.3) is 5.91 Å². The summed E-state index contributed by atoms with van der Waals surface area (Å²) in [6, 6.07) is 16.0. The van der Waals surface area contributed by atoms with E-state index in [-0.39, 0.29) is 11.8 Å². The van der Waals surface area contributed by atoms with Crippen molar-refractivity contribution >= 4 is 5.91 Å². The van der Waals surface area contributed by atoms with Crippen molar-refractivity contribution in [1.29, 1.82) is 0 Å². The molecule has 28 heavy (non-hydrogen) atoms. The third-order valence-corrected chi connectivity index (χ3v) is 5.19. The van der Waals surface area contributed by atoms with Crippen molar-refractivity contribution in [3.05, 3.63) is 83.4 Å². The lowest BCUT2D eigenvalue weighted by Crippen LogP contribution is -2.39. The maximum Gasteiger partial charge on any atom is 0.253 e. The van der Waals surface area contributed by atoms with Crippen LogP contribution in [0.25, 0.3) is 11.4 Å². The SMILES string of the molecule is Cc1ccc(-c2nccc([C@@H]3CCCN(C(=O)c4cccc(F)c4)C3)n2)cc1. The van der Waals surface area contributed by atoms with Gasteiger partial charge in [0.1, 0.15) is 5.82 Å². The number of likely N-dealkylation sites (tertiary alicyclic amines) is 1. The number of amides is 1. The third kappa shape index (κ3) is 3.93. The first-order chi connectivity index (χ1) is 13.6. The van der Waals surface area contributed by atoms with Crippen LogP contribution in [0.5, 0.6) is 0 Å². The molecular weight excluding hydrogens is 353 g/mol. The number of hydrogen-bond donors (Lipinski definition) is 0. The molecule has 0 bridgehead atoms. The molecule has 142 valence electrons. The maximum atomic E-state index is 13.5. The predicted octanol–water partition coefficient (Wildman–Crippen LogP) is 4.61. The summed E-state index contributed by atoms with van der Waals surface area (Å²) in [5.41, 5.74) is 3.51. The van der Waals surface area contributed by atoms with Crippen molar-refractivity contribution in [3.63, 3.8) is 0 Å². The van der Waals surface area contributed by atoms with Crippen molar-refractivity contribution < 1.29 is 9.18 Å². The molecule has 4 rings (SSSR count). The fourth-order valence-corrected chi connectivity index (χ4v) is 3.65. The molecule has 1 atom stereocenters. The van der Waals surface area contributed by atoms with E-state index in [1.54, 1.807) is 23.2 Å². The Hall–Kier alpha value is -3.08. The lowest BCUT2D eigenvalue weighted by atomic mass is 9.94. The van der Waals surface area contributed by atoms with E-state index in [0.29, 0.717) is 24.5 Å². The van der Waals surface area contributed by atoms with Crippen molar-refractivity contribution in [1.82, 2.24) is 14.9 Å². The molecule has 0 aliphatic carbocycles. The largest absolute Gasteiger partial charge is 0.338 e. The third-order valence-electron chi connectivity index (χ3n) is 5.19. The van der Waals surface area contributed by atoms with Crippen LogP contribution in [-0.2, 0) is 0 Å². The summed E-state index contributed by atoms with van der Waals surface area (Å²) in [5.74, 6) is 0.333. The average molecular weight is 375 g/mol. The molecule has 0 N–H and O–H groups in total. The minimum absolute atomic E-state index is 0.128. The number of halogens is 1. The molecule has 0 radical (unpaired) electrons. The molecule has 1 aliphatic rings. The minimum atomic E-state index is -0.391. The molecule has 5 heteroatoms. The first kappa shape index (κ1) is 18.3. The molecule has 1 fully saturated rings.